The summed E-state index contributed by atoms with van der Waals surface area (Å²) in [6.45, 7) is 1.70. The van der Waals surface area contributed by atoms with Gasteiger partial charge in [0.1, 0.15) is 4.20 Å². The molecule has 52 valence electrons. The molecule has 0 bridgehead atoms. The van der Waals surface area contributed by atoms with Gasteiger partial charge in [0.25, 0.3) is 6.04 Å². The quantitative estimate of drug-likeness (QED) is 0.297. The summed E-state index contributed by atoms with van der Waals surface area (Å²) >= 11 is 8.22. The van der Waals surface area contributed by atoms with Crippen molar-refractivity contribution in [2.45, 2.75) is 19.4 Å². The second kappa shape index (κ2) is 3.79. The summed E-state index contributed by atoms with van der Waals surface area (Å²) in [5.41, 5.74) is 0. The minimum atomic E-state index is -0.761. The van der Waals surface area contributed by atoms with E-state index >= 15 is 0 Å². The summed E-state index contributed by atoms with van der Waals surface area (Å²) < 4.78 is 0.155. The van der Waals surface area contributed by atoms with Crippen molar-refractivity contribution in [3.05, 3.63) is 10.1 Å². The molecule has 0 spiro atoms. The van der Waals surface area contributed by atoms with E-state index in [0.29, 0.717) is 6.42 Å². The molecule has 0 aromatic heterocycles. The third-order valence-corrected chi connectivity index (χ3v) is 1.50. The van der Waals surface area contributed by atoms with Gasteiger partial charge in [0.05, 0.1) is 0 Å². The molecule has 5 heteroatoms. The summed E-state index contributed by atoms with van der Waals surface area (Å²) in [5, 5.41) is 10.0. The van der Waals surface area contributed by atoms with Crippen LogP contribution in [-0.2, 0) is 0 Å². The second-order valence-corrected chi connectivity index (χ2v) is 2.77. The maximum absolute atomic E-state index is 10.0. The van der Waals surface area contributed by atoms with Crippen LogP contribution in [0.3, 0.4) is 0 Å². The van der Waals surface area contributed by atoms with Crippen LogP contribution in [0.2, 0.25) is 0 Å². The Labute approximate surface area is 64.0 Å². The van der Waals surface area contributed by atoms with Crippen molar-refractivity contribution in [3.63, 3.8) is 0 Å². The zero-order valence-corrected chi connectivity index (χ0v) is 6.61. The molecule has 0 aliphatic carbocycles. The van der Waals surface area contributed by atoms with Crippen molar-refractivity contribution in [1.82, 2.24) is 0 Å². The number of thiol groups is 1. The molecule has 0 aliphatic heterocycles. The fourth-order valence-corrected chi connectivity index (χ4v) is 0.943. The maximum atomic E-state index is 10.0. The Bertz CT molecular complexity index is 123. The second-order valence-electron chi connectivity index (χ2n) is 1.55. The van der Waals surface area contributed by atoms with Crippen LogP contribution in [0.1, 0.15) is 13.3 Å². The summed E-state index contributed by atoms with van der Waals surface area (Å²) in [4.78, 5) is 9.62. The molecular weight excluding hydrogens is 158 g/mol. The van der Waals surface area contributed by atoms with Gasteiger partial charge in [0, 0.05) is 11.3 Å². The SMILES string of the molecule is CCC(C(=S)S)[N+](=O)[O-]. The van der Waals surface area contributed by atoms with E-state index in [4.69, 9.17) is 0 Å². The molecule has 3 nitrogen and oxygen atoms in total. The van der Waals surface area contributed by atoms with Gasteiger partial charge in [-0.15, -0.1) is 12.6 Å². The molecule has 0 aromatic carbocycles. The topological polar surface area (TPSA) is 43.1 Å². The number of nitrogens with zero attached hydrogens (tertiary/aromatic N) is 1. The average Bonchev–Trinajstić information content (AvgIpc) is 1.64. The maximum Gasteiger partial charge on any atom is 0.253 e. The van der Waals surface area contributed by atoms with Crippen LogP contribution >= 0.6 is 24.8 Å². The van der Waals surface area contributed by atoms with Crippen LogP contribution < -0.4 is 0 Å². The highest BCUT2D eigenvalue weighted by atomic mass is 32.1. The summed E-state index contributed by atoms with van der Waals surface area (Å²) in [7, 11) is 0. The molecule has 0 aliphatic rings. The van der Waals surface area contributed by atoms with Gasteiger partial charge in [-0.25, -0.2) is 0 Å². The average molecular weight is 165 g/mol. The van der Waals surface area contributed by atoms with E-state index < -0.39 is 11.0 Å². The standard InChI is InChI=1S/C4H7NO2S2/c1-2-3(4(8)9)5(6)7/h3H,2H2,1H3,(H,8,9). The molecule has 0 heterocycles. The number of hydrogen-bond donors (Lipinski definition) is 1. The Kier molecular flexibility index (Phi) is 3.72. The zero-order chi connectivity index (χ0) is 7.44. The number of rotatable bonds is 3. The Morgan fingerprint density at radius 3 is 2.44 bits per heavy atom. The van der Waals surface area contributed by atoms with E-state index in [-0.39, 0.29) is 4.20 Å². The van der Waals surface area contributed by atoms with Crippen LogP contribution in [0.5, 0.6) is 0 Å². The van der Waals surface area contributed by atoms with Gasteiger partial charge in [0.15, 0.2) is 0 Å². The zero-order valence-electron chi connectivity index (χ0n) is 4.90. The van der Waals surface area contributed by atoms with Crippen molar-refractivity contribution in [2.24, 2.45) is 0 Å². The highest BCUT2D eigenvalue weighted by Gasteiger charge is 2.19. The first-order valence-corrected chi connectivity index (χ1v) is 3.31. The van der Waals surface area contributed by atoms with E-state index in [9.17, 15) is 10.1 Å². The third kappa shape index (κ3) is 2.76. The Morgan fingerprint density at radius 1 is 2.00 bits per heavy atom. The van der Waals surface area contributed by atoms with Crippen molar-refractivity contribution in [1.29, 1.82) is 0 Å². The molecule has 0 aromatic rings. The molecule has 0 saturated heterocycles. The number of thiocarbonyl (C=S) groups is 1. The number of nitro groups is 1. The minimum Gasteiger partial charge on any atom is -0.264 e. The normalized spacial score (nSPS) is 12.7. The smallest absolute Gasteiger partial charge is 0.253 e. The lowest BCUT2D eigenvalue weighted by atomic mass is 10.3. The molecule has 0 N–H and O–H groups in total. The predicted molar refractivity (Wildman–Crippen MR) is 42.7 cm³/mol. The van der Waals surface area contributed by atoms with Gasteiger partial charge in [-0.05, 0) is 0 Å². The van der Waals surface area contributed by atoms with E-state index in [1.54, 1.807) is 6.92 Å². The minimum absolute atomic E-state index is 0.155. The number of hydrogen-bond acceptors (Lipinski definition) is 3. The van der Waals surface area contributed by atoms with E-state index in [1.165, 1.54) is 0 Å². The van der Waals surface area contributed by atoms with Crippen LogP contribution in [-0.4, -0.2) is 15.2 Å². The van der Waals surface area contributed by atoms with Gasteiger partial charge in [0.2, 0.25) is 0 Å². The molecule has 0 fully saturated rings. The fourth-order valence-electron chi connectivity index (χ4n) is 0.414. The van der Waals surface area contributed by atoms with Crippen LogP contribution in [0.4, 0.5) is 0 Å². The first-order chi connectivity index (χ1) is 4.09. The monoisotopic (exact) mass is 165 g/mol. The first-order valence-electron chi connectivity index (χ1n) is 2.46. The Hall–Kier alpha value is -0.160. The first kappa shape index (κ1) is 8.84. The molecule has 0 rings (SSSR count). The highest BCUT2D eigenvalue weighted by molar-refractivity contribution is 8.11. The van der Waals surface area contributed by atoms with Crippen molar-refractivity contribution >= 4 is 29.0 Å². The third-order valence-electron chi connectivity index (χ3n) is 0.926. The molecule has 0 saturated carbocycles. The van der Waals surface area contributed by atoms with Crippen LogP contribution in [0.25, 0.3) is 0 Å². The fraction of sp³-hybridized carbons (Fsp3) is 0.750. The van der Waals surface area contributed by atoms with E-state index in [1.807, 2.05) is 0 Å². The van der Waals surface area contributed by atoms with Crippen LogP contribution in [0, 0.1) is 10.1 Å². The van der Waals surface area contributed by atoms with E-state index in [2.05, 4.69) is 24.8 Å². The molecule has 1 unspecified atom stereocenters. The highest BCUT2D eigenvalue weighted by Crippen LogP contribution is 2.02. The summed E-state index contributed by atoms with van der Waals surface area (Å²) in [6.07, 6.45) is 0.412. The van der Waals surface area contributed by atoms with Crippen molar-refractivity contribution in [2.75, 3.05) is 0 Å². The van der Waals surface area contributed by atoms with Crippen molar-refractivity contribution < 1.29 is 4.92 Å². The molecular formula is C4H7NO2S2. The van der Waals surface area contributed by atoms with E-state index in [0.717, 1.165) is 0 Å². The lowest BCUT2D eigenvalue weighted by Gasteiger charge is -2.01. The summed E-state index contributed by atoms with van der Waals surface area (Å²) in [5.74, 6) is 0. The van der Waals surface area contributed by atoms with Gasteiger partial charge >= 0.3 is 0 Å². The predicted octanol–water partition coefficient (Wildman–Crippen LogP) is 1.30. The lowest BCUT2D eigenvalue weighted by Crippen LogP contribution is -2.23. The Morgan fingerprint density at radius 2 is 2.44 bits per heavy atom. The molecule has 0 amide bonds. The van der Waals surface area contributed by atoms with Gasteiger partial charge < -0.3 is 0 Å². The van der Waals surface area contributed by atoms with Crippen molar-refractivity contribution in [3.8, 4) is 0 Å². The van der Waals surface area contributed by atoms with Gasteiger partial charge in [-0.3, -0.25) is 10.1 Å². The molecule has 1 atom stereocenters. The van der Waals surface area contributed by atoms with Gasteiger partial charge in [-0.2, -0.15) is 0 Å². The summed E-state index contributed by atoms with van der Waals surface area (Å²) in [6, 6.07) is -0.761. The largest absolute Gasteiger partial charge is 0.264 e. The molecule has 9 heavy (non-hydrogen) atoms. The van der Waals surface area contributed by atoms with Crippen LogP contribution in [0.15, 0.2) is 0 Å². The van der Waals surface area contributed by atoms with Gasteiger partial charge in [-0.1, -0.05) is 19.1 Å². The Balaban J connectivity index is 3.99. The molecule has 0 radical (unpaired) electrons. The lowest BCUT2D eigenvalue weighted by molar-refractivity contribution is -0.501.